The van der Waals surface area contributed by atoms with Crippen molar-refractivity contribution in [1.29, 1.82) is 0 Å². The van der Waals surface area contributed by atoms with E-state index in [1.165, 1.54) is 12.0 Å². The zero-order valence-corrected chi connectivity index (χ0v) is 11.9. The quantitative estimate of drug-likeness (QED) is 0.908. The molecule has 3 heteroatoms. The standard InChI is InChI=1S/C16H24N2O/c1-3-13-7-9-14(10-8-13)16(19)18-12(2)5-4-6-15(18)11-17/h7-10,12,15H,3-6,11,17H2,1-2H3. The molecule has 104 valence electrons. The summed E-state index contributed by atoms with van der Waals surface area (Å²) in [7, 11) is 0. The maximum atomic E-state index is 12.6. The predicted octanol–water partition coefficient (Wildman–Crippen LogP) is 2.59. The highest BCUT2D eigenvalue weighted by atomic mass is 16.2. The maximum Gasteiger partial charge on any atom is 0.254 e. The molecule has 0 aliphatic carbocycles. The van der Waals surface area contributed by atoms with Crippen LogP contribution in [0.2, 0.25) is 0 Å². The Morgan fingerprint density at radius 2 is 2.00 bits per heavy atom. The van der Waals surface area contributed by atoms with Crippen molar-refractivity contribution in [1.82, 2.24) is 4.90 Å². The minimum absolute atomic E-state index is 0.130. The summed E-state index contributed by atoms with van der Waals surface area (Å²) in [6.07, 6.45) is 4.27. The fourth-order valence-electron chi connectivity index (χ4n) is 2.92. The van der Waals surface area contributed by atoms with Crippen molar-refractivity contribution in [2.75, 3.05) is 6.54 Å². The van der Waals surface area contributed by atoms with E-state index in [-0.39, 0.29) is 11.9 Å². The topological polar surface area (TPSA) is 46.3 Å². The van der Waals surface area contributed by atoms with Gasteiger partial charge in [0.2, 0.25) is 0 Å². The van der Waals surface area contributed by atoms with Gasteiger partial charge in [-0.25, -0.2) is 0 Å². The molecule has 3 nitrogen and oxygen atoms in total. The minimum Gasteiger partial charge on any atom is -0.332 e. The highest BCUT2D eigenvalue weighted by molar-refractivity contribution is 5.94. The molecule has 19 heavy (non-hydrogen) atoms. The second kappa shape index (κ2) is 6.20. The predicted molar refractivity (Wildman–Crippen MR) is 78.1 cm³/mol. The first-order chi connectivity index (χ1) is 9.17. The average Bonchev–Trinajstić information content (AvgIpc) is 2.46. The summed E-state index contributed by atoms with van der Waals surface area (Å²) in [5.41, 5.74) is 7.87. The summed E-state index contributed by atoms with van der Waals surface area (Å²) >= 11 is 0. The van der Waals surface area contributed by atoms with Crippen LogP contribution in [0, 0.1) is 0 Å². The largest absolute Gasteiger partial charge is 0.332 e. The van der Waals surface area contributed by atoms with E-state index >= 15 is 0 Å². The normalized spacial score (nSPS) is 23.4. The Hall–Kier alpha value is -1.35. The van der Waals surface area contributed by atoms with Gasteiger partial charge in [0.05, 0.1) is 0 Å². The lowest BCUT2D eigenvalue weighted by atomic mass is 9.95. The molecular weight excluding hydrogens is 236 g/mol. The number of benzene rings is 1. The Morgan fingerprint density at radius 3 is 2.58 bits per heavy atom. The Balaban J connectivity index is 2.20. The smallest absolute Gasteiger partial charge is 0.254 e. The molecular formula is C16H24N2O. The number of carbonyl (C=O) groups excluding carboxylic acids is 1. The number of carbonyl (C=O) groups is 1. The van der Waals surface area contributed by atoms with Crippen molar-refractivity contribution in [2.45, 2.75) is 51.6 Å². The van der Waals surface area contributed by atoms with Crippen LogP contribution in [-0.2, 0) is 6.42 Å². The monoisotopic (exact) mass is 260 g/mol. The number of piperidine rings is 1. The maximum absolute atomic E-state index is 12.6. The van der Waals surface area contributed by atoms with E-state index in [2.05, 4.69) is 13.8 Å². The van der Waals surface area contributed by atoms with Gasteiger partial charge >= 0.3 is 0 Å². The van der Waals surface area contributed by atoms with Crippen molar-refractivity contribution >= 4 is 5.91 Å². The van der Waals surface area contributed by atoms with Gasteiger partial charge in [0.1, 0.15) is 0 Å². The van der Waals surface area contributed by atoms with Crippen LogP contribution in [0.3, 0.4) is 0 Å². The summed E-state index contributed by atoms with van der Waals surface area (Å²) in [6.45, 7) is 4.80. The molecule has 1 fully saturated rings. The van der Waals surface area contributed by atoms with E-state index in [4.69, 9.17) is 5.73 Å². The Kier molecular flexibility index (Phi) is 4.59. The molecule has 1 aromatic rings. The van der Waals surface area contributed by atoms with Gasteiger partial charge in [0.25, 0.3) is 5.91 Å². The molecule has 0 aromatic heterocycles. The van der Waals surface area contributed by atoms with Gasteiger partial charge in [-0.3, -0.25) is 4.79 Å². The summed E-state index contributed by atoms with van der Waals surface area (Å²) in [4.78, 5) is 14.6. The minimum atomic E-state index is 0.130. The lowest BCUT2D eigenvalue weighted by Crippen LogP contribution is -2.51. The molecule has 1 aliphatic heterocycles. The van der Waals surface area contributed by atoms with Crippen LogP contribution in [0.15, 0.2) is 24.3 Å². The summed E-state index contributed by atoms with van der Waals surface area (Å²) in [5, 5.41) is 0. The fourth-order valence-corrected chi connectivity index (χ4v) is 2.92. The molecule has 0 spiro atoms. The van der Waals surface area contributed by atoms with Crippen molar-refractivity contribution in [3.8, 4) is 0 Å². The van der Waals surface area contributed by atoms with Gasteiger partial charge in [0, 0.05) is 24.2 Å². The first-order valence-corrected chi connectivity index (χ1v) is 7.29. The number of nitrogens with two attached hydrogens (primary N) is 1. The van der Waals surface area contributed by atoms with Crippen molar-refractivity contribution < 1.29 is 4.79 Å². The van der Waals surface area contributed by atoms with Crippen molar-refractivity contribution in [3.63, 3.8) is 0 Å². The third-order valence-corrected chi connectivity index (χ3v) is 4.14. The van der Waals surface area contributed by atoms with E-state index in [0.29, 0.717) is 12.6 Å². The summed E-state index contributed by atoms with van der Waals surface area (Å²) < 4.78 is 0. The van der Waals surface area contributed by atoms with Gasteiger partial charge in [-0.15, -0.1) is 0 Å². The molecule has 2 unspecified atom stereocenters. The highest BCUT2D eigenvalue weighted by Gasteiger charge is 2.31. The fraction of sp³-hybridized carbons (Fsp3) is 0.562. The zero-order chi connectivity index (χ0) is 13.8. The molecule has 1 saturated heterocycles. The van der Waals surface area contributed by atoms with Crippen molar-refractivity contribution in [2.24, 2.45) is 5.73 Å². The number of likely N-dealkylation sites (tertiary alicyclic amines) is 1. The molecule has 2 rings (SSSR count). The van der Waals surface area contributed by atoms with Crippen LogP contribution in [0.4, 0.5) is 0 Å². The molecule has 0 radical (unpaired) electrons. The molecule has 1 amide bonds. The van der Waals surface area contributed by atoms with Crippen LogP contribution in [-0.4, -0.2) is 29.4 Å². The van der Waals surface area contributed by atoms with Crippen LogP contribution in [0.1, 0.15) is 49.0 Å². The van der Waals surface area contributed by atoms with Crippen molar-refractivity contribution in [3.05, 3.63) is 35.4 Å². The molecule has 1 aliphatic rings. The lowest BCUT2D eigenvalue weighted by molar-refractivity contribution is 0.0494. The molecule has 0 saturated carbocycles. The molecule has 0 bridgehead atoms. The molecule has 1 heterocycles. The third kappa shape index (κ3) is 2.98. The van der Waals surface area contributed by atoms with E-state index in [0.717, 1.165) is 24.8 Å². The van der Waals surface area contributed by atoms with Crippen LogP contribution in [0.25, 0.3) is 0 Å². The number of hydrogen-bond acceptors (Lipinski definition) is 2. The molecule has 1 aromatic carbocycles. The Bertz CT molecular complexity index is 427. The van der Waals surface area contributed by atoms with Gasteiger partial charge < -0.3 is 10.6 Å². The van der Waals surface area contributed by atoms with Gasteiger partial charge in [-0.1, -0.05) is 19.1 Å². The molecule has 2 atom stereocenters. The Labute approximate surface area is 115 Å². The van der Waals surface area contributed by atoms with E-state index in [9.17, 15) is 4.79 Å². The summed E-state index contributed by atoms with van der Waals surface area (Å²) in [5.74, 6) is 0.130. The SMILES string of the molecule is CCc1ccc(C(=O)N2C(C)CCCC2CN)cc1. The Morgan fingerprint density at radius 1 is 1.32 bits per heavy atom. The van der Waals surface area contributed by atoms with E-state index in [1.807, 2.05) is 29.2 Å². The number of amides is 1. The third-order valence-electron chi connectivity index (χ3n) is 4.14. The number of aryl methyl sites for hydroxylation is 1. The van der Waals surface area contributed by atoms with Crippen LogP contribution >= 0.6 is 0 Å². The van der Waals surface area contributed by atoms with Gasteiger partial charge in [-0.2, -0.15) is 0 Å². The van der Waals surface area contributed by atoms with Gasteiger partial charge in [-0.05, 0) is 50.3 Å². The number of nitrogens with zero attached hydrogens (tertiary/aromatic N) is 1. The van der Waals surface area contributed by atoms with Crippen LogP contribution in [0.5, 0.6) is 0 Å². The second-order valence-electron chi connectivity index (χ2n) is 5.43. The van der Waals surface area contributed by atoms with Crippen LogP contribution < -0.4 is 5.73 Å². The van der Waals surface area contributed by atoms with E-state index < -0.39 is 0 Å². The first kappa shape index (κ1) is 14.1. The first-order valence-electron chi connectivity index (χ1n) is 7.29. The lowest BCUT2D eigenvalue weighted by Gasteiger charge is -2.40. The average molecular weight is 260 g/mol. The van der Waals surface area contributed by atoms with E-state index in [1.54, 1.807) is 0 Å². The zero-order valence-electron chi connectivity index (χ0n) is 11.9. The molecule has 2 N–H and O–H groups in total. The highest BCUT2D eigenvalue weighted by Crippen LogP contribution is 2.24. The van der Waals surface area contributed by atoms with Gasteiger partial charge in [0.15, 0.2) is 0 Å². The second-order valence-corrected chi connectivity index (χ2v) is 5.43. The summed E-state index contributed by atoms with van der Waals surface area (Å²) in [6, 6.07) is 8.45. The number of hydrogen-bond donors (Lipinski definition) is 1. The number of rotatable bonds is 3.